The van der Waals surface area contributed by atoms with Gasteiger partial charge in [-0.3, -0.25) is 4.57 Å². The Kier molecular flexibility index (Phi) is 4.49. The predicted molar refractivity (Wildman–Crippen MR) is 76.1 cm³/mol. The molecule has 0 N–H and O–H groups in total. The zero-order valence-electron chi connectivity index (χ0n) is 12.6. The lowest BCUT2D eigenvalue weighted by Crippen LogP contribution is -2.21. The van der Waals surface area contributed by atoms with Crippen molar-refractivity contribution in [3.63, 3.8) is 0 Å². The number of hydrogen-bond donors (Lipinski definition) is 0. The smallest absolute Gasteiger partial charge is 0.438 e. The van der Waals surface area contributed by atoms with Gasteiger partial charge in [0.25, 0.3) is 0 Å². The predicted octanol–water partition coefficient (Wildman–Crippen LogP) is 2.67. The van der Waals surface area contributed by atoms with Crippen LogP contribution in [0, 0.1) is 10.1 Å². The van der Waals surface area contributed by atoms with Gasteiger partial charge in [0.15, 0.2) is 0 Å². The van der Waals surface area contributed by atoms with Crippen molar-refractivity contribution in [3.8, 4) is 11.8 Å². The lowest BCUT2D eigenvalue weighted by Gasteiger charge is -2.11. The van der Waals surface area contributed by atoms with E-state index in [2.05, 4.69) is 9.72 Å². The molecular formula is C14H12F3N3O5. The van der Waals surface area contributed by atoms with Gasteiger partial charge in [0.2, 0.25) is 0 Å². The van der Waals surface area contributed by atoms with Crippen LogP contribution in [0.5, 0.6) is 11.8 Å². The maximum atomic E-state index is 12.1. The number of halogens is 3. The first-order valence-corrected chi connectivity index (χ1v) is 7.11. The van der Waals surface area contributed by atoms with Crippen LogP contribution >= 0.6 is 0 Å². The first-order valence-electron chi connectivity index (χ1n) is 7.11. The van der Waals surface area contributed by atoms with Crippen molar-refractivity contribution in [2.24, 2.45) is 0 Å². The first kappa shape index (κ1) is 17.0. The summed E-state index contributed by atoms with van der Waals surface area (Å²) in [7, 11) is 0. The first-order chi connectivity index (χ1) is 11.8. The standard InChI is InChI=1S/C14H12F3N3O5/c15-14(16,17)25-10-3-1-9(2-4-10)7-23-8-11-5-19-6-12(20(21)22)18-13(19)24-11/h1-4,6,11H,5,7-8H2. The lowest BCUT2D eigenvalue weighted by atomic mass is 10.2. The van der Waals surface area contributed by atoms with Crippen molar-refractivity contribution in [2.75, 3.05) is 6.61 Å². The average Bonchev–Trinajstić information content (AvgIpc) is 3.06. The van der Waals surface area contributed by atoms with E-state index in [9.17, 15) is 23.3 Å². The molecule has 0 fully saturated rings. The highest BCUT2D eigenvalue weighted by molar-refractivity contribution is 5.27. The molecule has 0 aliphatic carbocycles. The molecule has 0 saturated carbocycles. The number of rotatable bonds is 6. The number of nitrogens with zero attached hydrogens (tertiary/aromatic N) is 3. The summed E-state index contributed by atoms with van der Waals surface area (Å²) >= 11 is 0. The third-order valence-corrected chi connectivity index (χ3v) is 3.32. The van der Waals surface area contributed by atoms with Crippen LogP contribution in [0.1, 0.15) is 5.56 Å². The molecule has 0 bridgehead atoms. The fourth-order valence-corrected chi connectivity index (χ4v) is 2.29. The van der Waals surface area contributed by atoms with Crippen molar-refractivity contribution >= 4 is 5.82 Å². The molecule has 2 heterocycles. The number of benzene rings is 1. The Labute approximate surface area is 138 Å². The number of hydrogen-bond acceptors (Lipinski definition) is 6. The van der Waals surface area contributed by atoms with E-state index >= 15 is 0 Å². The largest absolute Gasteiger partial charge is 0.573 e. The minimum atomic E-state index is -4.72. The Balaban J connectivity index is 1.44. The average molecular weight is 359 g/mol. The van der Waals surface area contributed by atoms with Gasteiger partial charge in [0.1, 0.15) is 18.1 Å². The van der Waals surface area contributed by atoms with Gasteiger partial charge in [-0.05, 0) is 22.6 Å². The van der Waals surface area contributed by atoms with E-state index in [0.717, 1.165) is 0 Å². The van der Waals surface area contributed by atoms with Gasteiger partial charge >= 0.3 is 18.2 Å². The van der Waals surface area contributed by atoms with Crippen LogP contribution in [0.25, 0.3) is 0 Å². The Morgan fingerprint density at radius 1 is 1.36 bits per heavy atom. The third-order valence-electron chi connectivity index (χ3n) is 3.32. The second kappa shape index (κ2) is 6.59. The monoisotopic (exact) mass is 359 g/mol. The Bertz CT molecular complexity index is 737. The van der Waals surface area contributed by atoms with E-state index < -0.39 is 11.3 Å². The molecule has 1 unspecified atom stereocenters. The molecule has 3 rings (SSSR count). The molecule has 11 heteroatoms. The summed E-state index contributed by atoms with van der Waals surface area (Å²) < 4.78 is 52.4. The van der Waals surface area contributed by atoms with E-state index in [-0.39, 0.29) is 36.9 Å². The minimum absolute atomic E-state index is 0.161. The quantitative estimate of drug-likeness (QED) is 0.582. The molecule has 1 aliphatic rings. The summed E-state index contributed by atoms with van der Waals surface area (Å²) in [6, 6.07) is 5.49. The van der Waals surface area contributed by atoms with Crippen molar-refractivity contribution in [1.29, 1.82) is 0 Å². The molecule has 8 nitrogen and oxygen atoms in total. The van der Waals surface area contributed by atoms with E-state index in [1.54, 1.807) is 0 Å². The number of fused-ring (bicyclic) bond motifs is 1. The Morgan fingerprint density at radius 2 is 2.08 bits per heavy atom. The lowest BCUT2D eigenvalue weighted by molar-refractivity contribution is -0.389. The topological polar surface area (TPSA) is 88.7 Å². The Morgan fingerprint density at radius 3 is 2.68 bits per heavy atom. The normalized spacial score (nSPS) is 16.4. The van der Waals surface area contributed by atoms with Crippen LogP contribution < -0.4 is 9.47 Å². The third kappa shape index (κ3) is 4.38. The fraction of sp³-hybridized carbons (Fsp3) is 0.357. The summed E-state index contributed by atoms with van der Waals surface area (Å²) in [6.07, 6.45) is -3.78. The van der Waals surface area contributed by atoms with Crippen LogP contribution in [-0.2, 0) is 17.9 Å². The van der Waals surface area contributed by atoms with Crippen molar-refractivity contribution in [1.82, 2.24) is 9.55 Å². The van der Waals surface area contributed by atoms with Crippen molar-refractivity contribution < 1.29 is 32.3 Å². The molecule has 1 aliphatic heterocycles. The molecule has 1 atom stereocenters. The van der Waals surface area contributed by atoms with E-state index in [0.29, 0.717) is 12.1 Å². The summed E-state index contributed by atoms with van der Waals surface area (Å²) in [5.41, 5.74) is 0.667. The van der Waals surface area contributed by atoms with Crippen molar-refractivity contribution in [2.45, 2.75) is 25.6 Å². The number of imidazole rings is 1. The summed E-state index contributed by atoms with van der Waals surface area (Å²) in [5, 5.41) is 10.6. The number of alkyl halides is 3. The van der Waals surface area contributed by atoms with Gasteiger partial charge in [-0.25, -0.2) is 0 Å². The number of ether oxygens (including phenoxy) is 3. The molecule has 0 spiro atoms. The molecule has 25 heavy (non-hydrogen) atoms. The highest BCUT2D eigenvalue weighted by atomic mass is 19.4. The van der Waals surface area contributed by atoms with Crippen LogP contribution in [0.15, 0.2) is 30.5 Å². The van der Waals surface area contributed by atoms with Gasteiger partial charge in [0, 0.05) is 4.98 Å². The highest BCUT2D eigenvalue weighted by Crippen LogP contribution is 2.25. The second-order valence-electron chi connectivity index (χ2n) is 5.24. The zero-order valence-corrected chi connectivity index (χ0v) is 12.6. The van der Waals surface area contributed by atoms with E-state index in [1.165, 1.54) is 35.0 Å². The fourth-order valence-electron chi connectivity index (χ4n) is 2.29. The minimum Gasteiger partial charge on any atom is -0.438 e. The Hall–Kier alpha value is -2.82. The SMILES string of the molecule is O=[N+]([O-])c1cn2c(n1)OC(COCc1ccc(OC(F)(F)F)cc1)C2. The molecule has 134 valence electrons. The molecule has 0 saturated heterocycles. The molecule has 1 aromatic carbocycles. The maximum absolute atomic E-state index is 12.1. The van der Waals surface area contributed by atoms with Crippen LogP contribution in [-0.4, -0.2) is 33.5 Å². The molecule has 0 radical (unpaired) electrons. The summed E-state index contributed by atoms with van der Waals surface area (Å²) in [4.78, 5) is 13.7. The van der Waals surface area contributed by atoms with Gasteiger partial charge in [-0.2, -0.15) is 0 Å². The van der Waals surface area contributed by atoms with Crippen LogP contribution in [0.3, 0.4) is 0 Å². The number of aromatic nitrogens is 2. The van der Waals surface area contributed by atoms with Crippen LogP contribution in [0.2, 0.25) is 0 Å². The van der Waals surface area contributed by atoms with Gasteiger partial charge in [-0.15, -0.1) is 13.2 Å². The van der Waals surface area contributed by atoms with Crippen molar-refractivity contribution in [3.05, 3.63) is 46.1 Å². The van der Waals surface area contributed by atoms with E-state index in [1.807, 2.05) is 0 Å². The van der Waals surface area contributed by atoms with Crippen LogP contribution in [0.4, 0.5) is 19.0 Å². The molecule has 0 amide bonds. The van der Waals surface area contributed by atoms with Gasteiger partial charge < -0.3 is 24.3 Å². The summed E-state index contributed by atoms with van der Waals surface area (Å²) in [6.45, 7) is 0.751. The second-order valence-corrected chi connectivity index (χ2v) is 5.24. The van der Waals surface area contributed by atoms with Gasteiger partial charge in [0.05, 0.1) is 19.8 Å². The zero-order chi connectivity index (χ0) is 18.0. The number of nitro groups is 1. The molecular weight excluding hydrogens is 347 g/mol. The summed E-state index contributed by atoms with van der Waals surface area (Å²) in [5.74, 6) is -0.585. The molecule has 2 aromatic rings. The van der Waals surface area contributed by atoms with E-state index in [4.69, 9.17) is 9.47 Å². The molecule has 1 aromatic heterocycles. The van der Waals surface area contributed by atoms with Gasteiger partial charge in [-0.1, -0.05) is 12.1 Å². The maximum Gasteiger partial charge on any atom is 0.573 e. The highest BCUT2D eigenvalue weighted by Gasteiger charge is 2.32.